The Bertz CT molecular complexity index is 854. The van der Waals surface area contributed by atoms with Crippen molar-refractivity contribution in [3.63, 3.8) is 0 Å². The molecule has 44 heavy (non-hydrogen) atoms. The molecular formula is C30H55O13P. The molecule has 13 nitrogen and oxygen atoms in total. The highest BCUT2D eigenvalue weighted by molar-refractivity contribution is 7.47. The maximum atomic E-state index is 12.6. The summed E-state index contributed by atoms with van der Waals surface area (Å²) in [7, 11) is -5.09. The normalized spacial score (nSPS) is 25.9. The molecule has 14 heteroatoms. The lowest BCUT2D eigenvalue weighted by atomic mass is 9.85. The van der Waals surface area contributed by atoms with Crippen LogP contribution in [-0.4, -0.2) is 98.3 Å². The van der Waals surface area contributed by atoms with Crippen LogP contribution in [-0.2, 0) is 32.7 Å². The highest BCUT2D eigenvalue weighted by atomic mass is 31.2. The van der Waals surface area contributed by atoms with Gasteiger partial charge in [0.1, 0.15) is 43.2 Å². The van der Waals surface area contributed by atoms with E-state index in [0.29, 0.717) is 12.8 Å². The van der Waals surface area contributed by atoms with Crippen molar-refractivity contribution in [1.29, 1.82) is 0 Å². The summed E-state index contributed by atoms with van der Waals surface area (Å²) >= 11 is 0. The molecule has 0 amide bonds. The van der Waals surface area contributed by atoms with Crippen molar-refractivity contribution in [1.82, 2.24) is 0 Å². The van der Waals surface area contributed by atoms with E-state index in [2.05, 4.69) is 19.1 Å². The summed E-state index contributed by atoms with van der Waals surface area (Å²) in [6.45, 7) is 3.03. The molecular weight excluding hydrogens is 599 g/mol. The number of allylic oxidation sites excluding steroid dienone is 2. The van der Waals surface area contributed by atoms with Crippen LogP contribution in [0.25, 0.3) is 0 Å². The van der Waals surface area contributed by atoms with Crippen molar-refractivity contribution in [3.05, 3.63) is 12.2 Å². The van der Waals surface area contributed by atoms with Gasteiger partial charge in [-0.25, -0.2) is 4.57 Å². The lowest BCUT2D eigenvalue weighted by Crippen LogP contribution is -2.64. The number of unbranched alkanes of at least 4 members (excludes halogenated alkanes) is 10. The number of carbonyl (C=O) groups excluding carboxylic acids is 2. The molecule has 1 saturated carbocycles. The van der Waals surface area contributed by atoms with E-state index in [4.69, 9.17) is 18.5 Å². The van der Waals surface area contributed by atoms with Crippen LogP contribution in [0.3, 0.4) is 0 Å². The first-order valence-electron chi connectivity index (χ1n) is 16.0. The largest absolute Gasteiger partial charge is 0.472 e. The third-order valence-electron chi connectivity index (χ3n) is 7.36. The summed E-state index contributed by atoms with van der Waals surface area (Å²) in [5.74, 6) is -1.13. The van der Waals surface area contributed by atoms with Gasteiger partial charge in [0.05, 0.1) is 6.61 Å². The van der Waals surface area contributed by atoms with E-state index in [9.17, 15) is 44.6 Å². The Hall–Kier alpha value is -1.41. The van der Waals surface area contributed by atoms with Crippen LogP contribution in [0.2, 0.25) is 0 Å². The second-order valence-corrected chi connectivity index (χ2v) is 12.7. The second kappa shape index (κ2) is 23.0. The standard InChI is InChI=1S/C30H55O13P/c1-3-5-7-9-10-11-12-13-14-15-17-19-24(32)42-22(20-40-23(31)18-16-8-6-4-2)21-41-44(38,39)43-30-28(36)26(34)25(33)27(35)29(30)37/h9-10,22,25-30,33-37H,3-8,11-21H2,1-2H3,(H,38,39)/b10-9-. The molecule has 0 heterocycles. The zero-order valence-corrected chi connectivity index (χ0v) is 27.1. The van der Waals surface area contributed by atoms with Crippen LogP contribution in [0.1, 0.15) is 110 Å². The van der Waals surface area contributed by atoms with Crippen LogP contribution in [0.15, 0.2) is 12.2 Å². The van der Waals surface area contributed by atoms with E-state index in [1.54, 1.807) is 0 Å². The molecule has 0 bridgehead atoms. The minimum atomic E-state index is -5.09. The number of aliphatic hydroxyl groups excluding tert-OH is 5. The highest BCUT2D eigenvalue weighted by Gasteiger charge is 2.51. The Morgan fingerprint density at radius 1 is 0.682 bits per heavy atom. The minimum absolute atomic E-state index is 0.0875. The van der Waals surface area contributed by atoms with Gasteiger partial charge in [-0.1, -0.05) is 77.4 Å². The molecule has 1 rings (SSSR count). The van der Waals surface area contributed by atoms with Crippen LogP contribution in [0.5, 0.6) is 0 Å². The first kappa shape index (κ1) is 40.6. The molecule has 0 spiro atoms. The molecule has 6 atom stereocenters. The van der Waals surface area contributed by atoms with Gasteiger partial charge in [-0.15, -0.1) is 0 Å². The van der Waals surface area contributed by atoms with Crippen molar-refractivity contribution in [2.24, 2.45) is 0 Å². The Balaban J connectivity index is 2.60. The molecule has 1 aliphatic rings. The Morgan fingerprint density at radius 2 is 1.18 bits per heavy atom. The average molecular weight is 655 g/mol. The molecule has 1 aliphatic carbocycles. The smallest absolute Gasteiger partial charge is 0.462 e. The van der Waals surface area contributed by atoms with Gasteiger partial charge < -0.3 is 39.9 Å². The number of hydrogen-bond acceptors (Lipinski definition) is 12. The van der Waals surface area contributed by atoms with Gasteiger partial charge in [0.25, 0.3) is 0 Å². The molecule has 1 fully saturated rings. The summed E-state index contributed by atoms with van der Waals surface area (Å²) in [5.41, 5.74) is 0. The average Bonchev–Trinajstić information content (AvgIpc) is 2.99. The summed E-state index contributed by atoms with van der Waals surface area (Å²) < 4.78 is 32.9. The maximum absolute atomic E-state index is 12.6. The van der Waals surface area contributed by atoms with E-state index in [0.717, 1.165) is 57.8 Å². The van der Waals surface area contributed by atoms with Crippen LogP contribution in [0, 0.1) is 0 Å². The number of rotatable bonds is 24. The van der Waals surface area contributed by atoms with E-state index in [-0.39, 0.29) is 12.8 Å². The van der Waals surface area contributed by atoms with Crippen molar-refractivity contribution in [2.75, 3.05) is 13.2 Å². The van der Waals surface area contributed by atoms with Gasteiger partial charge in [0.2, 0.25) is 0 Å². The predicted octanol–water partition coefficient (Wildman–Crippen LogP) is 3.21. The first-order valence-corrected chi connectivity index (χ1v) is 17.5. The Morgan fingerprint density at radius 3 is 1.80 bits per heavy atom. The molecule has 0 aromatic rings. The topological polar surface area (TPSA) is 210 Å². The third kappa shape index (κ3) is 16.8. The van der Waals surface area contributed by atoms with E-state index in [1.807, 2.05) is 6.92 Å². The first-order chi connectivity index (χ1) is 20.9. The fraction of sp³-hybridized carbons (Fsp3) is 0.867. The SMILES string of the molecule is CCCC/C=C\CCCCCCCC(=O)OC(COC(=O)CCCCCC)COP(=O)(O)OC1C(O)C(O)C(O)C(O)C1O. The van der Waals surface area contributed by atoms with Crippen molar-refractivity contribution in [3.8, 4) is 0 Å². The number of hydrogen-bond donors (Lipinski definition) is 6. The monoisotopic (exact) mass is 654 g/mol. The molecule has 0 aromatic carbocycles. The third-order valence-corrected chi connectivity index (χ3v) is 8.34. The summed E-state index contributed by atoms with van der Waals surface area (Å²) in [5, 5.41) is 49.5. The fourth-order valence-electron chi connectivity index (χ4n) is 4.62. The van der Waals surface area contributed by atoms with Crippen molar-refractivity contribution < 1.29 is 63.1 Å². The van der Waals surface area contributed by atoms with Gasteiger partial charge in [-0.3, -0.25) is 18.6 Å². The van der Waals surface area contributed by atoms with Gasteiger partial charge >= 0.3 is 19.8 Å². The minimum Gasteiger partial charge on any atom is -0.462 e. The zero-order valence-electron chi connectivity index (χ0n) is 26.2. The van der Waals surface area contributed by atoms with Crippen LogP contribution < -0.4 is 0 Å². The highest BCUT2D eigenvalue weighted by Crippen LogP contribution is 2.47. The molecule has 6 unspecified atom stereocenters. The fourth-order valence-corrected chi connectivity index (χ4v) is 5.59. The quantitative estimate of drug-likeness (QED) is 0.0383. The maximum Gasteiger partial charge on any atom is 0.472 e. The number of esters is 2. The van der Waals surface area contributed by atoms with Gasteiger partial charge in [0, 0.05) is 12.8 Å². The summed E-state index contributed by atoms with van der Waals surface area (Å²) in [6, 6.07) is 0. The number of phosphoric acid groups is 1. The van der Waals surface area contributed by atoms with Gasteiger partial charge in [0.15, 0.2) is 6.10 Å². The van der Waals surface area contributed by atoms with Crippen LogP contribution in [0.4, 0.5) is 0 Å². The van der Waals surface area contributed by atoms with E-state index >= 15 is 0 Å². The lowest BCUT2D eigenvalue weighted by Gasteiger charge is -2.41. The zero-order chi connectivity index (χ0) is 33.0. The molecule has 0 saturated heterocycles. The number of phosphoric ester groups is 1. The number of aliphatic hydroxyl groups is 5. The second-order valence-electron chi connectivity index (χ2n) is 11.3. The Kier molecular flexibility index (Phi) is 21.2. The van der Waals surface area contributed by atoms with E-state index in [1.165, 1.54) is 12.8 Å². The molecule has 0 aliphatic heterocycles. The lowest BCUT2D eigenvalue weighted by molar-refractivity contribution is -0.220. The number of ether oxygens (including phenoxy) is 2. The summed E-state index contributed by atoms with van der Waals surface area (Å²) in [6.07, 6.45) is 3.94. The number of carbonyl (C=O) groups is 2. The predicted molar refractivity (Wildman–Crippen MR) is 161 cm³/mol. The van der Waals surface area contributed by atoms with E-state index < -0.39 is 75.7 Å². The van der Waals surface area contributed by atoms with Crippen LogP contribution >= 0.6 is 7.82 Å². The van der Waals surface area contributed by atoms with Crippen molar-refractivity contribution in [2.45, 2.75) is 153 Å². The molecule has 258 valence electrons. The molecule has 0 aromatic heterocycles. The Labute approximate surface area is 261 Å². The van der Waals surface area contributed by atoms with Gasteiger partial charge in [-0.2, -0.15) is 0 Å². The molecule has 6 N–H and O–H groups in total. The van der Waals surface area contributed by atoms with Crippen molar-refractivity contribution >= 4 is 19.8 Å². The molecule has 0 radical (unpaired) electrons. The van der Waals surface area contributed by atoms with Gasteiger partial charge in [-0.05, 0) is 32.1 Å². The summed E-state index contributed by atoms with van der Waals surface area (Å²) in [4.78, 5) is 34.8.